The summed E-state index contributed by atoms with van der Waals surface area (Å²) in [4.78, 5) is 16.4. The lowest BCUT2D eigenvalue weighted by Crippen LogP contribution is -2.35. The Balaban J connectivity index is 2.26. The Bertz CT molecular complexity index is 564. The molecule has 0 radical (unpaired) electrons. The Morgan fingerprint density at radius 3 is 2.89 bits per heavy atom. The second-order valence-electron chi connectivity index (χ2n) is 4.47. The molecule has 1 amide bonds. The van der Waals surface area contributed by atoms with Crippen molar-refractivity contribution < 1.29 is 9.90 Å². The van der Waals surface area contributed by atoms with Gasteiger partial charge in [0.1, 0.15) is 5.69 Å². The van der Waals surface area contributed by atoms with Crippen LogP contribution in [-0.4, -0.2) is 28.6 Å². The maximum absolute atomic E-state index is 12.2. The van der Waals surface area contributed by atoms with Gasteiger partial charge in [-0.15, -0.1) is 0 Å². The van der Waals surface area contributed by atoms with Crippen molar-refractivity contribution in [2.24, 2.45) is 0 Å². The molecule has 1 heterocycles. The number of pyridine rings is 1. The van der Waals surface area contributed by atoms with E-state index in [9.17, 15) is 4.79 Å². The third-order valence-corrected chi connectivity index (χ3v) is 3.19. The van der Waals surface area contributed by atoms with Crippen molar-refractivity contribution in [2.45, 2.75) is 25.8 Å². The Labute approximate surface area is 112 Å². The molecular weight excluding hydrogens is 240 g/mol. The van der Waals surface area contributed by atoms with E-state index in [-0.39, 0.29) is 18.6 Å². The first-order valence-electron chi connectivity index (χ1n) is 6.51. The highest BCUT2D eigenvalue weighted by atomic mass is 16.3. The lowest BCUT2D eigenvalue weighted by atomic mass is 10.1. The number of aliphatic hydroxyl groups is 1. The highest BCUT2D eigenvalue weighted by molar-refractivity contribution is 6.05. The summed E-state index contributed by atoms with van der Waals surface area (Å²) < 4.78 is 0. The number of aliphatic hydroxyl groups excluding tert-OH is 1. The number of fused-ring (bicyclic) bond motifs is 1. The first kappa shape index (κ1) is 13.5. The zero-order chi connectivity index (χ0) is 13.7. The summed E-state index contributed by atoms with van der Waals surface area (Å²) >= 11 is 0. The molecule has 2 N–H and O–H groups in total. The van der Waals surface area contributed by atoms with Crippen LogP contribution in [0.3, 0.4) is 0 Å². The smallest absolute Gasteiger partial charge is 0.270 e. The van der Waals surface area contributed by atoms with E-state index in [2.05, 4.69) is 10.3 Å². The maximum Gasteiger partial charge on any atom is 0.270 e. The predicted molar refractivity (Wildman–Crippen MR) is 75.0 cm³/mol. The molecular formula is C15H18N2O2. The van der Waals surface area contributed by atoms with Crippen LogP contribution < -0.4 is 5.32 Å². The summed E-state index contributed by atoms with van der Waals surface area (Å²) in [7, 11) is 0. The lowest BCUT2D eigenvalue weighted by molar-refractivity contribution is 0.0926. The average molecular weight is 258 g/mol. The van der Waals surface area contributed by atoms with Crippen molar-refractivity contribution in [3.8, 4) is 0 Å². The maximum atomic E-state index is 12.2. The first-order chi connectivity index (χ1) is 9.26. The molecule has 0 saturated carbocycles. The van der Waals surface area contributed by atoms with Gasteiger partial charge in [-0.2, -0.15) is 0 Å². The second kappa shape index (κ2) is 6.29. The van der Waals surface area contributed by atoms with Gasteiger partial charge in [-0.05, 0) is 24.3 Å². The van der Waals surface area contributed by atoms with Crippen LogP contribution in [-0.2, 0) is 0 Å². The standard InChI is InChI=1S/C15H18N2O2/c1-2-12(8-10-18)17-15(19)14-13-6-4-3-5-11(13)7-9-16-14/h3-7,9,12,18H,2,8,10H2,1H3,(H,17,19). The van der Waals surface area contributed by atoms with E-state index in [1.807, 2.05) is 37.3 Å². The van der Waals surface area contributed by atoms with E-state index in [1.165, 1.54) is 0 Å². The van der Waals surface area contributed by atoms with Gasteiger partial charge in [-0.25, -0.2) is 0 Å². The van der Waals surface area contributed by atoms with Gasteiger partial charge in [0.25, 0.3) is 5.91 Å². The summed E-state index contributed by atoms with van der Waals surface area (Å²) in [6, 6.07) is 9.55. The molecule has 4 heteroatoms. The normalized spacial score (nSPS) is 12.3. The Kier molecular flexibility index (Phi) is 4.47. The van der Waals surface area contributed by atoms with Gasteiger partial charge < -0.3 is 10.4 Å². The van der Waals surface area contributed by atoms with Crippen LogP contribution in [0.5, 0.6) is 0 Å². The van der Waals surface area contributed by atoms with Crippen molar-refractivity contribution in [3.63, 3.8) is 0 Å². The molecule has 1 atom stereocenters. The van der Waals surface area contributed by atoms with Gasteiger partial charge in [0, 0.05) is 24.2 Å². The van der Waals surface area contributed by atoms with Crippen molar-refractivity contribution in [1.82, 2.24) is 10.3 Å². The molecule has 2 aromatic rings. The van der Waals surface area contributed by atoms with Gasteiger partial charge in [0.15, 0.2) is 0 Å². The molecule has 4 nitrogen and oxygen atoms in total. The quantitative estimate of drug-likeness (QED) is 0.863. The van der Waals surface area contributed by atoms with Crippen molar-refractivity contribution >= 4 is 16.7 Å². The minimum atomic E-state index is -0.183. The van der Waals surface area contributed by atoms with Gasteiger partial charge in [0.05, 0.1) is 0 Å². The Hall–Kier alpha value is -1.94. The Morgan fingerprint density at radius 2 is 2.16 bits per heavy atom. The SMILES string of the molecule is CCC(CCO)NC(=O)c1nccc2ccccc12. The van der Waals surface area contributed by atoms with E-state index in [1.54, 1.807) is 6.20 Å². The number of carbonyl (C=O) groups is 1. The van der Waals surface area contributed by atoms with Gasteiger partial charge >= 0.3 is 0 Å². The third kappa shape index (κ3) is 3.09. The van der Waals surface area contributed by atoms with E-state index in [0.717, 1.165) is 17.2 Å². The number of amides is 1. The van der Waals surface area contributed by atoms with E-state index in [4.69, 9.17) is 5.11 Å². The molecule has 1 unspecified atom stereocenters. The molecule has 0 spiro atoms. The Morgan fingerprint density at radius 1 is 1.37 bits per heavy atom. The first-order valence-corrected chi connectivity index (χ1v) is 6.51. The van der Waals surface area contributed by atoms with Gasteiger partial charge in [-0.1, -0.05) is 31.2 Å². The van der Waals surface area contributed by atoms with Crippen LogP contribution in [0.2, 0.25) is 0 Å². The summed E-state index contributed by atoms with van der Waals surface area (Å²) in [6.07, 6.45) is 2.99. The number of nitrogens with zero attached hydrogens (tertiary/aromatic N) is 1. The summed E-state index contributed by atoms with van der Waals surface area (Å²) in [5.41, 5.74) is 0.439. The second-order valence-corrected chi connectivity index (χ2v) is 4.47. The number of carbonyl (C=O) groups excluding carboxylic acids is 1. The number of hydrogen-bond acceptors (Lipinski definition) is 3. The summed E-state index contributed by atoms with van der Waals surface area (Å²) in [6.45, 7) is 2.05. The van der Waals surface area contributed by atoms with Crippen LogP contribution in [0.15, 0.2) is 36.5 Å². The summed E-state index contributed by atoms with van der Waals surface area (Å²) in [5, 5.41) is 13.7. The average Bonchev–Trinajstić information content (AvgIpc) is 2.46. The highest BCUT2D eigenvalue weighted by Crippen LogP contribution is 2.16. The van der Waals surface area contributed by atoms with Crippen LogP contribution in [0, 0.1) is 0 Å². The topological polar surface area (TPSA) is 62.2 Å². The molecule has 0 fully saturated rings. The van der Waals surface area contributed by atoms with E-state index in [0.29, 0.717) is 12.1 Å². The van der Waals surface area contributed by atoms with E-state index >= 15 is 0 Å². The van der Waals surface area contributed by atoms with Crippen molar-refractivity contribution in [3.05, 3.63) is 42.2 Å². The largest absolute Gasteiger partial charge is 0.396 e. The van der Waals surface area contributed by atoms with Crippen LogP contribution >= 0.6 is 0 Å². The molecule has 19 heavy (non-hydrogen) atoms. The molecule has 100 valence electrons. The molecule has 2 rings (SSSR count). The number of hydrogen-bond donors (Lipinski definition) is 2. The molecule has 0 aliphatic rings. The van der Waals surface area contributed by atoms with Gasteiger partial charge in [-0.3, -0.25) is 9.78 Å². The molecule has 0 bridgehead atoms. The fraction of sp³-hybridized carbons (Fsp3) is 0.333. The monoisotopic (exact) mass is 258 g/mol. The van der Waals surface area contributed by atoms with Crippen LogP contribution in [0.25, 0.3) is 10.8 Å². The molecule has 0 saturated heterocycles. The minimum Gasteiger partial charge on any atom is -0.396 e. The molecule has 0 aliphatic carbocycles. The molecule has 1 aromatic carbocycles. The van der Waals surface area contributed by atoms with Crippen LogP contribution in [0.4, 0.5) is 0 Å². The van der Waals surface area contributed by atoms with Gasteiger partial charge in [0.2, 0.25) is 0 Å². The molecule has 1 aromatic heterocycles. The lowest BCUT2D eigenvalue weighted by Gasteiger charge is -2.15. The summed E-state index contributed by atoms with van der Waals surface area (Å²) in [5.74, 6) is -0.183. The highest BCUT2D eigenvalue weighted by Gasteiger charge is 2.15. The zero-order valence-electron chi connectivity index (χ0n) is 11.0. The van der Waals surface area contributed by atoms with Crippen LogP contribution in [0.1, 0.15) is 30.3 Å². The van der Waals surface area contributed by atoms with E-state index < -0.39 is 0 Å². The minimum absolute atomic E-state index is 0.0155. The fourth-order valence-electron chi connectivity index (χ4n) is 2.09. The number of benzene rings is 1. The predicted octanol–water partition coefficient (Wildman–Crippen LogP) is 2.13. The molecule has 0 aliphatic heterocycles. The third-order valence-electron chi connectivity index (χ3n) is 3.19. The van der Waals surface area contributed by atoms with Crippen molar-refractivity contribution in [1.29, 1.82) is 0 Å². The number of nitrogens with one attached hydrogen (secondary N) is 1. The number of rotatable bonds is 5. The fourth-order valence-corrected chi connectivity index (χ4v) is 2.09. The zero-order valence-corrected chi connectivity index (χ0v) is 11.0. The van der Waals surface area contributed by atoms with Crippen molar-refractivity contribution in [2.75, 3.05) is 6.61 Å². The number of aromatic nitrogens is 1.